The lowest BCUT2D eigenvalue weighted by molar-refractivity contribution is 0.354. The molecular weight excluding hydrogens is 296 g/mol. The molecule has 22 heavy (non-hydrogen) atoms. The summed E-state index contributed by atoms with van der Waals surface area (Å²) < 4.78 is 10.7. The van der Waals surface area contributed by atoms with Gasteiger partial charge in [0.05, 0.1) is 19.8 Å². The number of methoxy groups -OCH3 is 2. The maximum Gasteiger partial charge on any atom is 0.169 e. The predicted octanol–water partition coefficient (Wildman–Crippen LogP) is 3.88. The van der Waals surface area contributed by atoms with Crippen LogP contribution in [0.25, 0.3) is 0 Å². The minimum absolute atomic E-state index is 0.649. The summed E-state index contributed by atoms with van der Waals surface area (Å²) in [5, 5.41) is 10.2. The van der Waals surface area contributed by atoms with Crippen molar-refractivity contribution in [2.75, 3.05) is 14.2 Å². The molecule has 0 saturated heterocycles. The van der Waals surface area contributed by atoms with Crippen molar-refractivity contribution in [3.05, 3.63) is 39.8 Å². The molecule has 0 saturated carbocycles. The number of fused-ring (bicyclic) bond motifs is 1. The molecule has 3 rings (SSSR count). The van der Waals surface area contributed by atoms with Gasteiger partial charge in [0.1, 0.15) is 11.1 Å². The standard InChI is InChI=1S/C17H16N2O2S/c1-20-14-7-3-5-11(16(14)21-2)10-19-17-13(9-18)12-6-4-8-15(12)22-17/h3,5,7,10H,4,6,8H2,1-2H3/b19-10+. The van der Waals surface area contributed by atoms with Gasteiger partial charge in [0.25, 0.3) is 0 Å². The lowest BCUT2D eigenvalue weighted by Crippen LogP contribution is -1.94. The summed E-state index contributed by atoms with van der Waals surface area (Å²) >= 11 is 1.62. The third-order valence-electron chi connectivity index (χ3n) is 3.77. The molecule has 1 aliphatic carbocycles. The van der Waals surface area contributed by atoms with Gasteiger partial charge in [-0.05, 0) is 37.0 Å². The second-order valence-corrected chi connectivity index (χ2v) is 6.07. The van der Waals surface area contributed by atoms with Gasteiger partial charge in [0.2, 0.25) is 0 Å². The zero-order valence-corrected chi connectivity index (χ0v) is 13.4. The number of aryl methyl sites for hydroxylation is 1. The lowest BCUT2D eigenvalue weighted by Gasteiger charge is -2.09. The summed E-state index contributed by atoms with van der Waals surface area (Å²) in [7, 11) is 3.21. The van der Waals surface area contributed by atoms with Crippen molar-refractivity contribution in [1.29, 1.82) is 5.26 Å². The number of hydrogen-bond donors (Lipinski definition) is 0. The largest absolute Gasteiger partial charge is 0.493 e. The van der Waals surface area contributed by atoms with Crippen LogP contribution in [0.4, 0.5) is 5.00 Å². The molecule has 112 valence electrons. The SMILES string of the molecule is COc1cccc(/C=N/c2sc3c(c2C#N)CCC3)c1OC. The highest BCUT2D eigenvalue weighted by molar-refractivity contribution is 7.16. The maximum absolute atomic E-state index is 9.39. The fourth-order valence-corrected chi connectivity index (χ4v) is 3.92. The summed E-state index contributed by atoms with van der Waals surface area (Å²) in [6.07, 6.45) is 4.94. The first-order chi connectivity index (χ1) is 10.8. The van der Waals surface area contributed by atoms with Crippen LogP contribution in [0, 0.1) is 11.3 Å². The zero-order chi connectivity index (χ0) is 15.5. The molecule has 0 bridgehead atoms. The van der Waals surface area contributed by atoms with E-state index in [1.165, 1.54) is 10.4 Å². The van der Waals surface area contributed by atoms with Crippen molar-refractivity contribution < 1.29 is 9.47 Å². The Bertz CT molecular complexity index is 772. The van der Waals surface area contributed by atoms with E-state index in [0.29, 0.717) is 11.5 Å². The molecule has 0 atom stereocenters. The van der Waals surface area contributed by atoms with Crippen LogP contribution < -0.4 is 9.47 Å². The molecule has 4 nitrogen and oxygen atoms in total. The fraction of sp³-hybridized carbons (Fsp3) is 0.294. The van der Waals surface area contributed by atoms with Gasteiger partial charge in [0, 0.05) is 16.7 Å². The van der Waals surface area contributed by atoms with Crippen molar-refractivity contribution >= 4 is 22.6 Å². The van der Waals surface area contributed by atoms with Crippen LogP contribution in [0.2, 0.25) is 0 Å². The molecule has 2 aromatic rings. The van der Waals surface area contributed by atoms with Crippen molar-refractivity contribution in [3.8, 4) is 17.6 Å². The van der Waals surface area contributed by atoms with E-state index < -0.39 is 0 Å². The van der Waals surface area contributed by atoms with Crippen molar-refractivity contribution in [2.45, 2.75) is 19.3 Å². The Morgan fingerprint density at radius 2 is 2.14 bits per heavy atom. The molecule has 1 aromatic heterocycles. The molecule has 0 fully saturated rings. The summed E-state index contributed by atoms with van der Waals surface area (Å²) in [4.78, 5) is 5.84. The van der Waals surface area contributed by atoms with E-state index in [9.17, 15) is 5.26 Å². The Morgan fingerprint density at radius 3 is 2.86 bits per heavy atom. The predicted molar refractivity (Wildman–Crippen MR) is 87.9 cm³/mol. The molecule has 0 N–H and O–H groups in total. The van der Waals surface area contributed by atoms with Crippen molar-refractivity contribution in [3.63, 3.8) is 0 Å². The molecule has 5 heteroatoms. The van der Waals surface area contributed by atoms with E-state index in [-0.39, 0.29) is 0 Å². The Balaban J connectivity index is 1.98. The van der Waals surface area contributed by atoms with Crippen LogP contribution >= 0.6 is 11.3 Å². The highest BCUT2D eigenvalue weighted by Gasteiger charge is 2.21. The molecule has 1 aromatic carbocycles. The van der Waals surface area contributed by atoms with E-state index in [1.807, 2.05) is 18.2 Å². The van der Waals surface area contributed by atoms with Crippen molar-refractivity contribution in [2.24, 2.45) is 4.99 Å². The topological polar surface area (TPSA) is 54.6 Å². The second-order valence-electron chi connectivity index (χ2n) is 4.99. The zero-order valence-electron chi connectivity index (χ0n) is 12.5. The van der Waals surface area contributed by atoms with Crippen LogP contribution in [0.3, 0.4) is 0 Å². The number of rotatable bonds is 4. The number of ether oxygens (including phenoxy) is 2. The van der Waals surface area contributed by atoms with Crippen LogP contribution in [0.5, 0.6) is 11.5 Å². The van der Waals surface area contributed by atoms with Gasteiger partial charge in [-0.1, -0.05) is 6.07 Å². The normalized spacial score (nSPS) is 13.1. The number of aliphatic imine (C=N–C) groups is 1. The molecule has 0 radical (unpaired) electrons. The van der Waals surface area contributed by atoms with Gasteiger partial charge in [-0.2, -0.15) is 5.26 Å². The number of nitriles is 1. The smallest absolute Gasteiger partial charge is 0.169 e. The van der Waals surface area contributed by atoms with Crippen LogP contribution in [-0.4, -0.2) is 20.4 Å². The van der Waals surface area contributed by atoms with E-state index in [0.717, 1.165) is 35.4 Å². The highest BCUT2D eigenvalue weighted by atomic mass is 32.1. The average Bonchev–Trinajstić information content (AvgIpc) is 3.12. The Kier molecular flexibility index (Phi) is 4.12. The van der Waals surface area contributed by atoms with Gasteiger partial charge in [-0.25, -0.2) is 4.99 Å². The first-order valence-electron chi connectivity index (χ1n) is 7.08. The maximum atomic E-state index is 9.39. The van der Waals surface area contributed by atoms with Gasteiger partial charge in [-0.3, -0.25) is 0 Å². The summed E-state index contributed by atoms with van der Waals surface area (Å²) in [6.45, 7) is 0. The summed E-state index contributed by atoms with van der Waals surface area (Å²) in [6, 6.07) is 7.95. The van der Waals surface area contributed by atoms with Crippen LogP contribution in [-0.2, 0) is 12.8 Å². The fourth-order valence-electron chi connectivity index (χ4n) is 2.74. The second kappa shape index (κ2) is 6.20. The van der Waals surface area contributed by atoms with Gasteiger partial charge >= 0.3 is 0 Å². The molecule has 0 unspecified atom stereocenters. The summed E-state index contributed by atoms with van der Waals surface area (Å²) in [5.74, 6) is 1.32. The third-order valence-corrected chi connectivity index (χ3v) is 4.97. The number of thiophene rings is 1. The van der Waals surface area contributed by atoms with E-state index >= 15 is 0 Å². The van der Waals surface area contributed by atoms with Crippen LogP contribution in [0.1, 0.15) is 28.0 Å². The number of nitrogens with zero attached hydrogens (tertiary/aromatic N) is 2. The molecular formula is C17H16N2O2S. The van der Waals surface area contributed by atoms with Gasteiger partial charge < -0.3 is 9.47 Å². The van der Waals surface area contributed by atoms with E-state index in [1.54, 1.807) is 31.8 Å². The van der Waals surface area contributed by atoms with Crippen molar-refractivity contribution in [1.82, 2.24) is 0 Å². The average molecular weight is 312 g/mol. The monoisotopic (exact) mass is 312 g/mol. The first kappa shape index (κ1) is 14.6. The Hall–Kier alpha value is -2.32. The molecule has 0 spiro atoms. The Morgan fingerprint density at radius 1 is 1.27 bits per heavy atom. The summed E-state index contributed by atoms with van der Waals surface area (Å²) in [5.41, 5.74) is 2.76. The highest BCUT2D eigenvalue weighted by Crippen LogP contribution is 2.40. The molecule has 0 amide bonds. The minimum atomic E-state index is 0.649. The molecule has 1 heterocycles. The quantitative estimate of drug-likeness (QED) is 0.805. The van der Waals surface area contributed by atoms with Crippen LogP contribution in [0.15, 0.2) is 23.2 Å². The number of para-hydroxylation sites is 1. The number of hydrogen-bond acceptors (Lipinski definition) is 5. The molecule has 1 aliphatic rings. The Labute approximate surface area is 133 Å². The van der Waals surface area contributed by atoms with E-state index in [4.69, 9.17) is 9.47 Å². The first-order valence-corrected chi connectivity index (χ1v) is 7.89. The third kappa shape index (κ3) is 2.46. The van der Waals surface area contributed by atoms with E-state index in [2.05, 4.69) is 11.1 Å². The minimum Gasteiger partial charge on any atom is -0.493 e. The number of benzene rings is 1. The van der Waals surface area contributed by atoms with Gasteiger partial charge in [-0.15, -0.1) is 11.3 Å². The van der Waals surface area contributed by atoms with Gasteiger partial charge in [0.15, 0.2) is 11.5 Å². The molecule has 0 aliphatic heterocycles. The lowest BCUT2D eigenvalue weighted by atomic mass is 10.1.